The van der Waals surface area contributed by atoms with Crippen molar-refractivity contribution in [1.29, 1.82) is 0 Å². The standard InChI is InChI=1S/C18H16N6OS/c1-10-11(2)26-18(23-10)24-16-14(19)17(22-9-21-16)25-13-7-3-5-12-6-4-8-20-15(12)13/h3-9H,19H2,1-2H3,(H,21,22,23,24). The summed E-state index contributed by atoms with van der Waals surface area (Å²) in [4.78, 5) is 18.3. The van der Waals surface area contributed by atoms with Gasteiger partial charge in [-0.3, -0.25) is 4.98 Å². The van der Waals surface area contributed by atoms with Crippen molar-refractivity contribution in [2.24, 2.45) is 0 Å². The SMILES string of the molecule is Cc1nc(Nc2ncnc(Oc3cccc4cccnc34)c2N)sc1C. The van der Waals surface area contributed by atoms with Crippen molar-refractivity contribution in [3.8, 4) is 11.6 Å². The first-order valence-electron chi connectivity index (χ1n) is 7.95. The predicted octanol–water partition coefficient (Wildman–Crippen LogP) is 4.22. The fourth-order valence-corrected chi connectivity index (χ4v) is 3.26. The van der Waals surface area contributed by atoms with Gasteiger partial charge in [-0.25, -0.2) is 9.97 Å². The number of para-hydroxylation sites is 1. The number of benzene rings is 1. The van der Waals surface area contributed by atoms with Gasteiger partial charge in [-0.1, -0.05) is 18.2 Å². The van der Waals surface area contributed by atoms with Gasteiger partial charge < -0.3 is 15.8 Å². The highest BCUT2D eigenvalue weighted by Gasteiger charge is 2.14. The molecule has 0 radical (unpaired) electrons. The van der Waals surface area contributed by atoms with Crippen LogP contribution in [-0.4, -0.2) is 19.9 Å². The van der Waals surface area contributed by atoms with Gasteiger partial charge in [0.1, 0.15) is 17.5 Å². The molecule has 0 amide bonds. The van der Waals surface area contributed by atoms with Crippen LogP contribution in [0.25, 0.3) is 10.9 Å². The lowest BCUT2D eigenvalue weighted by Gasteiger charge is -2.11. The van der Waals surface area contributed by atoms with Gasteiger partial charge >= 0.3 is 0 Å². The molecule has 0 aliphatic carbocycles. The van der Waals surface area contributed by atoms with E-state index in [1.165, 1.54) is 6.33 Å². The lowest BCUT2D eigenvalue weighted by Crippen LogP contribution is -2.03. The van der Waals surface area contributed by atoms with E-state index in [-0.39, 0.29) is 5.88 Å². The lowest BCUT2D eigenvalue weighted by molar-refractivity contribution is 0.469. The first-order chi connectivity index (χ1) is 12.6. The van der Waals surface area contributed by atoms with E-state index in [0.29, 0.717) is 17.3 Å². The van der Waals surface area contributed by atoms with Crippen molar-refractivity contribution in [1.82, 2.24) is 19.9 Å². The second-order valence-electron chi connectivity index (χ2n) is 5.66. The fraction of sp³-hybridized carbons (Fsp3) is 0.111. The molecule has 0 aliphatic rings. The molecule has 0 bridgehead atoms. The molecule has 3 N–H and O–H groups in total. The Labute approximate surface area is 153 Å². The molecule has 0 saturated heterocycles. The van der Waals surface area contributed by atoms with Crippen LogP contribution in [0.5, 0.6) is 11.6 Å². The van der Waals surface area contributed by atoms with E-state index < -0.39 is 0 Å². The Hall–Kier alpha value is -3.26. The van der Waals surface area contributed by atoms with E-state index in [1.54, 1.807) is 17.5 Å². The van der Waals surface area contributed by atoms with Gasteiger partial charge in [0, 0.05) is 16.5 Å². The Morgan fingerprint density at radius 2 is 1.92 bits per heavy atom. The molecule has 130 valence electrons. The topological polar surface area (TPSA) is 98.8 Å². The van der Waals surface area contributed by atoms with Crippen molar-refractivity contribution >= 4 is 38.9 Å². The molecule has 3 aromatic heterocycles. The van der Waals surface area contributed by atoms with Crippen LogP contribution in [0.3, 0.4) is 0 Å². The molecule has 0 atom stereocenters. The number of anilines is 3. The van der Waals surface area contributed by atoms with E-state index in [4.69, 9.17) is 10.5 Å². The molecule has 1 aromatic carbocycles. The summed E-state index contributed by atoms with van der Waals surface area (Å²) in [6, 6.07) is 9.55. The van der Waals surface area contributed by atoms with Crippen molar-refractivity contribution in [3.05, 3.63) is 53.4 Å². The van der Waals surface area contributed by atoms with Crippen LogP contribution in [0.2, 0.25) is 0 Å². The maximum absolute atomic E-state index is 6.21. The van der Waals surface area contributed by atoms with Gasteiger partial charge in [0.15, 0.2) is 16.7 Å². The molecule has 8 heteroatoms. The first-order valence-corrected chi connectivity index (χ1v) is 8.76. The highest BCUT2D eigenvalue weighted by Crippen LogP contribution is 2.34. The Kier molecular flexibility index (Phi) is 4.10. The molecule has 0 fully saturated rings. The van der Waals surface area contributed by atoms with Gasteiger partial charge in [-0.05, 0) is 26.0 Å². The Bertz CT molecular complexity index is 1070. The molecular formula is C18H16N6OS. The first kappa shape index (κ1) is 16.2. The number of fused-ring (bicyclic) bond motifs is 1. The van der Waals surface area contributed by atoms with E-state index >= 15 is 0 Å². The summed E-state index contributed by atoms with van der Waals surface area (Å²) < 4.78 is 5.93. The molecular weight excluding hydrogens is 348 g/mol. The number of aromatic nitrogens is 4. The summed E-state index contributed by atoms with van der Waals surface area (Å²) in [7, 11) is 0. The van der Waals surface area contributed by atoms with E-state index in [2.05, 4.69) is 25.3 Å². The minimum absolute atomic E-state index is 0.269. The van der Waals surface area contributed by atoms with E-state index in [0.717, 1.165) is 26.6 Å². The van der Waals surface area contributed by atoms with Crippen LogP contribution in [0, 0.1) is 13.8 Å². The predicted molar refractivity (Wildman–Crippen MR) is 103 cm³/mol. The average Bonchev–Trinajstić information content (AvgIpc) is 2.96. The van der Waals surface area contributed by atoms with Crippen molar-refractivity contribution in [3.63, 3.8) is 0 Å². The third-order valence-corrected chi connectivity index (χ3v) is 4.89. The smallest absolute Gasteiger partial charge is 0.248 e. The zero-order valence-corrected chi connectivity index (χ0v) is 15.0. The molecule has 0 aliphatic heterocycles. The van der Waals surface area contributed by atoms with Crippen molar-refractivity contribution in [2.45, 2.75) is 13.8 Å². The second-order valence-corrected chi connectivity index (χ2v) is 6.86. The minimum atomic E-state index is 0.269. The van der Waals surface area contributed by atoms with Crippen LogP contribution in [0.15, 0.2) is 42.9 Å². The molecule has 7 nitrogen and oxygen atoms in total. The monoisotopic (exact) mass is 364 g/mol. The Morgan fingerprint density at radius 1 is 1.08 bits per heavy atom. The second kappa shape index (κ2) is 6.57. The Morgan fingerprint density at radius 3 is 2.73 bits per heavy atom. The van der Waals surface area contributed by atoms with Crippen LogP contribution < -0.4 is 15.8 Å². The van der Waals surface area contributed by atoms with E-state index in [1.807, 2.05) is 44.2 Å². The van der Waals surface area contributed by atoms with Gasteiger partial charge in [0.05, 0.1) is 5.69 Å². The summed E-state index contributed by atoms with van der Waals surface area (Å²) in [6.45, 7) is 3.98. The zero-order chi connectivity index (χ0) is 18.1. The number of hydrogen-bond donors (Lipinski definition) is 2. The number of aryl methyl sites for hydroxylation is 2. The van der Waals surface area contributed by atoms with Gasteiger partial charge in [0.25, 0.3) is 0 Å². The number of nitrogen functional groups attached to an aromatic ring is 1. The third-order valence-electron chi connectivity index (χ3n) is 3.90. The van der Waals surface area contributed by atoms with Gasteiger partial charge in [0.2, 0.25) is 5.88 Å². The third kappa shape index (κ3) is 3.02. The van der Waals surface area contributed by atoms with E-state index in [9.17, 15) is 0 Å². The van der Waals surface area contributed by atoms with Crippen LogP contribution in [0.1, 0.15) is 10.6 Å². The number of rotatable bonds is 4. The number of hydrogen-bond acceptors (Lipinski definition) is 8. The van der Waals surface area contributed by atoms with Gasteiger partial charge in [-0.15, -0.1) is 11.3 Å². The molecule has 26 heavy (non-hydrogen) atoms. The molecule has 0 unspecified atom stereocenters. The van der Waals surface area contributed by atoms with Crippen LogP contribution in [-0.2, 0) is 0 Å². The summed E-state index contributed by atoms with van der Waals surface area (Å²) >= 11 is 1.54. The zero-order valence-electron chi connectivity index (χ0n) is 14.2. The Balaban J connectivity index is 1.67. The lowest BCUT2D eigenvalue weighted by atomic mass is 10.2. The quantitative estimate of drug-likeness (QED) is 0.559. The highest BCUT2D eigenvalue weighted by atomic mass is 32.1. The summed E-state index contributed by atoms with van der Waals surface area (Å²) in [5.41, 5.74) is 8.24. The highest BCUT2D eigenvalue weighted by molar-refractivity contribution is 7.15. The van der Waals surface area contributed by atoms with Crippen LogP contribution in [0.4, 0.5) is 16.6 Å². The summed E-state index contributed by atoms with van der Waals surface area (Å²) in [5.74, 6) is 1.31. The molecule has 4 aromatic rings. The fourth-order valence-electron chi connectivity index (χ4n) is 2.45. The maximum atomic E-state index is 6.21. The molecule has 4 rings (SSSR count). The van der Waals surface area contributed by atoms with Gasteiger partial charge in [-0.2, -0.15) is 4.98 Å². The number of pyridine rings is 1. The summed E-state index contributed by atoms with van der Waals surface area (Å²) in [5, 5.41) is 4.83. The normalized spacial score (nSPS) is 10.8. The number of ether oxygens (including phenoxy) is 1. The number of nitrogens with two attached hydrogens (primary N) is 1. The number of thiazole rings is 1. The molecule has 0 spiro atoms. The minimum Gasteiger partial charge on any atom is -0.435 e. The number of nitrogens with zero attached hydrogens (tertiary/aromatic N) is 4. The van der Waals surface area contributed by atoms with Crippen molar-refractivity contribution < 1.29 is 4.74 Å². The average molecular weight is 364 g/mol. The van der Waals surface area contributed by atoms with Crippen molar-refractivity contribution in [2.75, 3.05) is 11.1 Å². The maximum Gasteiger partial charge on any atom is 0.248 e. The summed E-state index contributed by atoms with van der Waals surface area (Å²) in [6.07, 6.45) is 3.12. The van der Waals surface area contributed by atoms with Crippen LogP contribution >= 0.6 is 11.3 Å². The molecule has 3 heterocycles. The number of nitrogens with one attached hydrogen (secondary N) is 1. The largest absolute Gasteiger partial charge is 0.435 e. The molecule has 0 saturated carbocycles.